The molecule has 0 amide bonds. The molecular formula is C12H20N2O3. The van der Waals surface area contributed by atoms with Crippen molar-refractivity contribution in [1.29, 1.82) is 0 Å². The van der Waals surface area contributed by atoms with Crippen LogP contribution in [-0.2, 0) is 17.8 Å². The lowest BCUT2D eigenvalue weighted by Gasteiger charge is -2.26. The van der Waals surface area contributed by atoms with Gasteiger partial charge < -0.3 is 14.4 Å². The van der Waals surface area contributed by atoms with Crippen LogP contribution in [0.3, 0.4) is 0 Å². The van der Waals surface area contributed by atoms with Crippen molar-refractivity contribution < 1.29 is 14.4 Å². The number of ether oxygens (including phenoxy) is 1. The molecule has 2 atom stereocenters. The number of aliphatic hydroxyl groups excluding tert-OH is 1. The summed E-state index contributed by atoms with van der Waals surface area (Å²) in [6.07, 6.45) is 4.71. The van der Waals surface area contributed by atoms with E-state index < -0.39 is 0 Å². The highest BCUT2D eigenvalue weighted by Gasteiger charge is 2.25. The van der Waals surface area contributed by atoms with E-state index in [1.54, 1.807) is 0 Å². The number of rotatable bonds is 5. The average Bonchev–Trinajstić information content (AvgIpc) is 2.77. The summed E-state index contributed by atoms with van der Waals surface area (Å²) in [7, 11) is 0. The van der Waals surface area contributed by atoms with Gasteiger partial charge in [-0.25, -0.2) is 0 Å². The summed E-state index contributed by atoms with van der Waals surface area (Å²) in [6.45, 7) is 2.97. The summed E-state index contributed by atoms with van der Waals surface area (Å²) in [4.78, 5) is 4.26. The molecule has 0 bridgehead atoms. The van der Waals surface area contributed by atoms with Gasteiger partial charge in [0.1, 0.15) is 6.61 Å². The van der Waals surface area contributed by atoms with Gasteiger partial charge in [-0.05, 0) is 25.7 Å². The van der Waals surface area contributed by atoms with Gasteiger partial charge in [0, 0.05) is 13.0 Å². The molecule has 5 nitrogen and oxygen atoms in total. The van der Waals surface area contributed by atoms with Gasteiger partial charge in [-0.2, -0.15) is 4.98 Å². The quantitative estimate of drug-likeness (QED) is 0.848. The van der Waals surface area contributed by atoms with Crippen molar-refractivity contribution in [1.82, 2.24) is 10.1 Å². The topological polar surface area (TPSA) is 68.4 Å². The van der Waals surface area contributed by atoms with E-state index in [-0.39, 0.29) is 12.0 Å². The first-order valence-electron chi connectivity index (χ1n) is 6.37. The second-order valence-corrected chi connectivity index (χ2v) is 4.56. The Hall–Kier alpha value is -0.940. The van der Waals surface area contributed by atoms with Crippen molar-refractivity contribution in [3.63, 3.8) is 0 Å². The predicted octanol–water partition coefficient (Wildman–Crippen LogP) is 1.70. The highest BCUT2D eigenvalue weighted by molar-refractivity contribution is 4.89. The lowest BCUT2D eigenvalue weighted by molar-refractivity contribution is 0.0656. The van der Waals surface area contributed by atoms with Crippen molar-refractivity contribution >= 4 is 0 Å². The van der Waals surface area contributed by atoms with Crippen molar-refractivity contribution in [2.75, 3.05) is 6.61 Å². The van der Waals surface area contributed by atoms with Crippen molar-refractivity contribution in [3.8, 4) is 0 Å². The molecule has 1 aliphatic carbocycles. The van der Waals surface area contributed by atoms with Crippen molar-refractivity contribution in [2.24, 2.45) is 5.92 Å². The van der Waals surface area contributed by atoms with Gasteiger partial charge in [0.05, 0.1) is 6.10 Å². The molecular weight excluding hydrogens is 220 g/mol. The van der Waals surface area contributed by atoms with Gasteiger partial charge in [-0.1, -0.05) is 18.0 Å². The van der Waals surface area contributed by atoms with Crippen molar-refractivity contribution in [3.05, 3.63) is 11.7 Å². The van der Waals surface area contributed by atoms with Crippen LogP contribution in [0.1, 0.15) is 44.3 Å². The maximum absolute atomic E-state index is 9.86. The van der Waals surface area contributed by atoms with Crippen LogP contribution in [0, 0.1) is 5.92 Å². The van der Waals surface area contributed by atoms with Crippen LogP contribution in [0.15, 0.2) is 4.52 Å². The summed E-state index contributed by atoms with van der Waals surface area (Å²) >= 11 is 0. The van der Waals surface area contributed by atoms with Gasteiger partial charge in [-0.3, -0.25) is 0 Å². The Morgan fingerprint density at radius 1 is 1.41 bits per heavy atom. The van der Waals surface area contributed by atoms with E-state index in [1.165, 1.54) is 6.42 Å². The molecule has 0 radical (unpaired) electrons. The normalized spacial score (nSPS) is 25.1. The zero-order valence-corrected chi connectivity index (χ0v) is 10.3. The van der Waals surface area contributed by atoms with E-state index in [0.717, 1.165) is 19.3 Å². The van der Waals surface area contributed by atoms with E-state index >= 15 is 0 Å². The molecule has 0 aliphatic heterocycles. The maximum atomic E-state index is 9.86. The largest absolute Gasteiger partial charge is 0.393 e. The number of aliphatic hydroxyl groups is 1. The van der Waals surface area contributed by atoms with E-state index in [1.807, 2.05) is 6.92 Å². The zero-order valence-electron chi connectivity index (χ0n) is 10.3. The van der Waals surface area contributed by atoms with Crippen molar-refractivity contribution in [2.45, 2.75) is 51.7 Å². The first kappa shape index (κ1) is 12.5. The average molecular weight is 240 g/mol. The fourth-order valence-electron chi connectivity index (χ4n) is 2.28. The number of nitrogens with zero attached hydrogens (tertiary/aromatic N) is 2. The molecule has 1 aromatic heterocycles. The van der Waals surface area contributed by atoms with Crippen LogP contribution >= 0.6 is 0 Å². The molecule has 1 fully saturated rings. The Morgan fingerprint density at radius 3 is 3.00 bits per heavy atom. The van der Waals surface area contributed by atoms with Crippen LogP contribution in [0.5, 0.6) is 0 Å². The Kier molecular flexibility index (Phi) is 4.50. The Morgan fingerprint density at radius 2 is 2.24 bits per heavy atom. The highest BCUT2D eigenvalue weighted by atomic mass is 16.5. The first-order valence-corrected chi connectivity index (χ1v) is 6.37. The third kappa shape index (κ3) is 3.51. The van der Waals surface area contributed by atoms with Gasteiger partial charge in [0.2, 0.25) is 5.89 Å². The van der Waals surface area contributed by atoms with Crippen LogP contribution < -0.4 is 0 Å². The van der Waals surface area contributed by atoms with E-state index in [4.69, 9.17) is 9.26 Å². The minimum absolute atomic E-state index is 0.217. The van der Waals surface area contributed by atoms with E-state index in [9.17, 15) is 5.11 Å². The van der Waals surface area contributed by atoms with Crippen LogP contribution in [0.4, 0.5) is 0 Å². The minimum Gasteiger partial charge on any atom is -0.393 e. The molecule has 0 aromatic carbocycles. The third-order valence-electron chi connectivity index (χ3n) is 3.25. The molecule has 1 aliphatic rings. The summed E-state index contributed by atoms with van der Waals surface area (Å²) < 4.78 is 10.4. The standard InChI is InChI=1S/C12H20N2O3/c1-2-16-8-11-13-12(17-14-11)7-9-5-3-4-6-10(9)15/h9-10,15H,2-8H2,1H3. The number of hydrogen-bond donors (Lipinski definition) is 1. The fraction of sp³-hybridized carbons (Fsp3) is 0.833. The molecule has 96 valence electrons. The first-order chi connectivity index (χ1) is 8.29. The molecule has 1 N–H and O–H groups in total. The lowest BCUT2D eigenvalue weighted by Crippen LogP contribution is -2.26. The molecule has 17 heavy (non-hydrogen) atoms. The molecule has 5 heteroatoms. The second kappa shape index (κ2) is 6.12. The fourth-order valence-corrected chi connectivity index (χ4v) is 2.28. The molecule has 1 heterocycles. The highest BCUT2D eigenvalue weighted by Crippen LogP contribution is 2.26. The van der Waals surface area contributed by atoms with Gasteiger partial charge in [0.25, 0.3) is 0 Å². The monoisotopic (exact) mass is 240 g/mol. The van der Waals surface area contributed by atoms with Gasteiger partial charge >= 0.3 is 0 Å². The summed E-state index contributed by atoms with van der Waals surface area (Å²) in [6, 6.07) is 0. The molecule has 0 saturated heterocycles. The van der Waals surface area contributed by atoms with E-state index in [0.29, 0.717) is 31.3 Å². The molecule has 1 aromatic rings. The Labute approximate surface area is 101 Å². The van der Waals surface area contributed by atoms with E-state index in [2.05, 4.69) is 10.1 Å². The second-order valence-electron chi connectivity index (χ2n) is 4.56. The Bertz CT molecular complexity index is 340. The number of hydrogen-bond acceptors (Lipinski definition) is 5. The number of aromatic nitrogens is 2. The summed E-state index contributed by atoms with van der Waals surface area (Å²) in [5.41, 5.74) is 0. The molecule has 0 spiro atoms. The zero-order chi connectivity index (χ0) is 12.1. The predicted molar refractivity (Wildman–Crippen MR) is 61.3 cm³/mol. The van der Waals surface area contributed by atoms with Gasteiger partial charge in [0.15, 0.2) is 5.82 Å². The van der Waals surface area contributed by atoms with Crippen LogP contribution in [0.25, 0.3) is 0 Å². The summed E-state index contributed by atoms with van der Waals surface area (Å²) in [5, 5.41) is 13.7. The smallest absolute Gasteiger partial charge is 0.227 e. The third-order valence-corrected chi connectivity index (χ3v) is 3.25. The molecule has 1 saturated carbocycles. The SMILES string of the molecule is CCOCc1noc(CC2CCCCC2O)n1. The molecule has 2 rings (SSSR count). The maximum Gasteiger partial charge on any atom is 0.227 e. The lowest BCUT2D eigenvalue weighted by atomic mass is 9.84. The minimum atomic E-state index is -0.217. The summed E-state index contributed by atoms with van der Waals surface area (Å²) in [5.74, 6) is 1.47. The van der Waals surface area contributed by atoms with Crippen LogP contribution in [0.2, 0.25) is 0 Å². The molecule has 2 unspecified atom stereocenters. The Balaban J connectivity index is 1.87. The van der Waals surface area contributed by atoms with Crippen LogP contribution in [-0.4, -0.2) is 28.0 Å². The van der Waals surface area contributed by atoms with Gasteiger partial charge in [-0.15, -0.1) is 0 Å².